The lowest BCUT2D eigenvalue weighted by atomic mass is 10.2. The lowest BCUT2D eigenvalue weighted by Crippen LogP contribution is -2.49. The summed E-state index contributed by atoms with van der Waals surface area (Å²) in [7, 11) is -2.22. The number of carbonyl (C=O) groups is 2. The Labute approximate surface area is 119 Å². The van der Waals surface area contributed by atoms with Gasteiger partial charge >= 0.3 is 12.1 Å². The summed E-state index contributed by atoms with van der Waals surface area (Å²) < 4.78 is 28.4. The quantitative estimate of drug-likeness (QED) is 0.635. The minimum Gasteiger partial charge on any atom is -0.383 e. The molecule has 0 atom stereocenters. The van der Waals surface area contributed by atoms with Crippen molar-refractivity contribution in [1.29, 1.82) is 0 Å². The predicted octanol–water partition coefficient (Wildman–Crippen LogP) is 0.504. The number of nitrogens with one attached hydrogen (secondary N) is 2. The summed E-state index contributed by atoms with van der Waals surface area (Å²) in [5.74, 6) is 0. The van der Waals surface area contributed by atoms with Crippen LogP contribution in [0, 0.1) is 0 Å². The van der Waals surface area contributed by atoms with Gasteiger partial charge in [-0.2, -0.15) is 0 Å². The molecule has 0 rings (SSSR count). The molecule has 0 heterocycles. The number of ether oxygens (including phenoxy) is 1. The van der Waals surface area contributed by atoms with Gasteiger partial charge in [0.15, 0.2) is 0 Å². The molecular weight excluding hydrogens is 286 g/mol. The highest BCUT2D eigenvalue weighted by Gasteiger charge is 2.24. The van der Waals surface area contributed by atoms with Gasteiger partial charge in [0.05, 0.1) is 12.9 Å². The highest BCUT2D eigenvalue weighted by molar-refractivity contribution is 7.88. The van der Waals surface area contributed by atoms with Gasteiger partial charge < -0.3 is 10.1 Å². The van der Waals surface area contributed by atoms with Crippen molar-refractivity contribution >= 4 is 22.1 Å². The number of hydrogen-bond donors (Lipinski definition) is 2. The Kier molecular flexibility index (Phi) is 8.89. The van der Waals surface area contributed by atoms with E-state index in [1.165, 1.54) is 7.11 Å². The zero-order valence-electron chi connectivity index (χ0n) is 12.1. The van der Waals surface area contributed by atoms with E-state index in [1.807, 2.05) is 12.2 Å². The Morgan fingerprint density at radius 2 is 1.90 bits per heavy atom. The van der Waals surface area contributed by atoms with Gasteiger partial charge in [-0.1, -0.05) is 19.8 Å². The summed E-state index contributed by atoms with van der Waals surface area (Å²) in [5, 5.41) is 4.35. The maximum absolute atomic E-state index is 11.8. The van der Waals surface area contributed by atoms with E-state index in [1.54, 1.807) is 0 Å². The first-order valence-electron chi connectivity index (χ1n) is 6.38. The first-order chi connectivity index (χ1) is 9.32. The molecule has 0 fully saturated rings. The first-order valence-corrected chi connectivity index (χ1v) is 8.23. The summed E-state index contributed by atoms with van der Waals surface area (Å²) in [6.07, 6.45) is 3.19. The number of unbranched alkanes of at least 4 members (excludes halogenated alkanes) is 2. The van der Waals surface area contributed by atoms with Gasteiger partial charge in [0.2, 0.25) is 10.0 Å². The minimum absolute atomic E-state index is 0.0594. The molecule has 0 aliphatic carbocycles. The molecule has 0 saturated heterocycles. The lowest BCUT2D eigenvalue weighted by molar-refractivity contribution is 0.194. The molecule has 0 aromatic heterocycles. The standard InChI is InChI=1S/C11H23N3O5S/c1-4-5-6-8-14(20(3,17)18)11(16)13-10(15)12-7-9-19-2/h4-9H2,1-3H3,(H2,12,13,15,16). The van der Waals surface area contributed by atoms with E-state index in [9.17, 15) is 18.0 Å². The van der Waals surface area contributed by atoms with Crippen molar-refractivity contribution < 1.29 is 22.7 Å². The second-order valence-corrected chi connectivity index (χ2v) is 6.13. The molecule has 0 saturated carbocycles. The number of hydrogen-bond acceptors (Lipinski definition) is 5. The number of sulfonamides is 1. The van der Waals surface area contributed by atoms with Gasteiger partial charge in [0.1, 0.15) is 0 Å². The zero-order chi connectivity index (χ0) is 15.6. The van der Waals surface area contributed by atoms with Crippen LogP contribution < -0.4 is 10.6 Å². The predicted molar refractivity (Wildman–Crippen MR) is 74.9 cm³/mol. The summed E-state index contributed by atoms with van der Waals surface area (Å²) in [4.78, 5) is 23.1. The third kappa shape index (κ3) is 7.95. The molecule has 20 heavy (non-hydrogen) atoms. The van der Waals surface area contributed by atoms with Crippen LogP contribution in [0.5, 0.6) is 0 Å². The van der Waals surface area contributed by atoms with Crippen LogP contribution in [0.2, 0.25) is 0 Å². The van der Waals surface area contributed by atoms with Gasteiger partial charge in [0, 0.05) is 20.2 Å². The molecule has 0 aromatic rings. The van der Waals surface area contributed by atoms with Crippen LogP contribution in [0.4, 0.5) is 9.59 Å². The van der Waals surface area contributed by atoms with Crippen LogP contribution in [-0.4, -0.2) is 57.8 Å². The van der Waals surface area contributed by atoms with Crippen LogP contribution >= 0.6 is 0 Å². The largest absolute Gasteiger partial charge is 0.383 e. The smallest absolute Gasteiger partial charge is 0.339 e. The van der Waals surface area contributed by atoms with E-state index in [4.69, 9.17) is 4.74 Å². The lowest BCUT2D eigenvalue weighted by Gasteiger charge is -2.20. The maximum Gasteiger partial charge on any atom is 0.339 e. The van der Waals surface area contributed by atoms with Gasteiger partial charge in [-0.15, -0.1) is 0 Å². The van der Waals surface area contributed by atoms with Crippen LogP contribution in [0.1, 0.15) is 26.2 Å². The average Bonchev–Trinajstić information content (AvgIpc) is 2.33. The molecule has 0 aliphatic rings. The molecule has 0 bridgehead atoms. The molecule has 2 N–H and O–H groups in total. The van der Waals surface area contributed by atoms with Crippen LogP contribution in [-0.2, 0) is 14.8 Å². The van der Waals surface area contributed by atoms with E-state index in [0.29, 0.717) is 17.3 Å². The highest BCUT2D eigenvalue weighted by Crippen LogP contribution is 2.03. The fraction of sp³-hybridized carbons (Fsp3) is 0.818. The van der Waals surface area contributed by atoms with Crippen LogP contribution in [0.3, 0.4) is 0 Å². The second kappa shape index (κ2) is 9.54. The number of carbonyl (C=O) groups excluding carboxylic acids is 2. The summed E-state index contributed by atoms with van der Waals surface area (Å²) in [6, 6.07) is -1.70. The number of methoxy groups -OCH3 is 1. The van der Waals surface area contributed by atoms with Crippen molar-refractivity contribution in [3.05, 3.63) is 0 Å². The van der Waals surface area contributed by atoms with Crippen LogP contribution in [0.15, 0.2) is 0 Å². The second-order valence-electron chi connectivity index (χ2n) is 4.22. The van der Waals surface area contributed by atoms with Crippen LogP contribution in [0.25, 0.3) is 0 Å². The maximum atomic E-state index is 11.8. The summed E-state index contributed by atoms with van der Waals surface area (Å²) >= 11 is 0. The van der Waals surface area contributed by atoms with Crippen molar-refractivity contribution in [1.82, 2.24) is 14.9 Å². The van der Waals surface area contributed by atoms with Gasteiger partial charge in [-0.25, -0.2) is 22.3 Å². The Hall–Kier alpha value is -1.35. The van der Waals surface area contributed by atoms with Crippen molar-refractivity contribution in [2.75, 3.05) is 33.1 Å². The molecule has 0 radical (unpaired) electrons. The van der Waals surface area contributed by atoms with Gasteiger partial charge in [-0.3, -0.25) is 5.32 Å². The molecule has 0 unspecified atom stereocenters. The summed E-state index contributed by atoms with van der Waals surface area (Å²) in [5.41, 5.74) is 0. The van der Waals surface area contributed by atoms with Crippen molar-refractivity contribution in [2.45, 2.75) is 26.2 Å². The summed E-state index contributed by atoms with van der Waals surface area (Å²) in [6.45, 7) is 2.55. The van der Waals surface area contributed by atoms with Crippen molar-refractivity contribution in [2.24, 2.45) is 0 Å². The number of imide groups is 1. The third-order valence-corrected chi connectivity index (χ3v) is 3.55. The Morgan fingerprint density at radius 1 is 1.25 bits per heavy atom. The zero-order valence-corrected chi connectivity index (χ0v) is 13.0. The molecule has 4 amide bonds. The molecule has 0 spiro atoms. The third-order valence-electron chi connectivity index (χ3n) is 2.40. The van der Waals surface area contributed by atoms with E-state index >= 15 is 0 Å². The average molecular weight is 309 g/mol. The molecule has 8 nitrogen and oxygen atoms in total. The minimum atomic E-state index is -3.70. The number of rotatable bonds is 8. The highest BCUT2D eigenvalue weighted by atomic mass is 32.2. The van der Waals surface area contributed by atoms with E-state index in [-0.39, 0.29) is 13.1 Å². The van der Waals surface area contributed by atoms with E-state index in [2.05, 4.69) is 5.32 Å². The first kappa shape index (κ1) is 18.7. The molecule has 9 heteroatoms. The Bertz CT molecular complexity index is 410. The van der Waals surface area contributed by atoms with Crippen molar-refractivity contribution in [3.8, 4) is 0 Å². The van der Waals surface area contributed by atoms with Crippen molar-refractivity contribution in [3.63, 3.8) is 0 Å². The molecule has 0 aromatic carbocycles. The van der Waals surface area contributed by atoms with Gasteiger partial charge in [-0.05, 0) is 6.42 Å². The normalized spacial score (nSPS) is 10.9. The van der Waals surface area contributed by atoms with Gasteiger partial charge in [0.25, 0.3) is 0 Å². The molecular formula is C11H23N3O5S. The monoisotopic (exact) mass is 309 g/mol. The Morgan fingerprint density at radius 3 is 2.40 bits per heavy atom. The number of amides is 4. The topological polar surface area (TPSA) is 105 Å². The van der Waals surface area contributed by atoms with E-state index < -0.39 is 22.1 Å². The Balaban J connectivity index is 4.44. The molecule has 0 aliphatic heterocycles. The van der Waals surface area contributed by atoms with E-state index in [0.717, 1.165) is 19.1 Å². The number of urea groups is 2. The SMILES string of the molecule is CCCCCN(C(=O)NC(=O)NCCOC)S(C)(=O)=O. The fourth-order valence-corrected chi connectivity index (χ4v) is 2.20. The molecule has 118 valence electrons. The number of nitrogens with zero attached hydrogens (tertiary/aromatic N) is 1. The fourth-order valence-electron chi connectivity index (χ4n) is 1.39.